The van der Waals surface area contributed by atoms with Crippen molar-refractivity contribution < 1.29 is 14.3 Å². The second-order valence-electron chi connectivity index (χ2n) is 3.90. The maximum Gasteiger partial charge on any atom is 0.314 e. The molecule has 0 fully saturated rings. The van der Waals surface area contributed by atoms with Gasteiger partial charge >= 0.3 is 5.97 Å². The third-order valence-electron chi connectivity index (χ3n) is 3.03. The Bertz CT molecular complexity index is 417. The summed E-state index contributed by atoms with van der Waals surface area (Å²) in [7, 11) is 2.97. The monoisotopic (exact) mass is 221 g/mol. The summed E-state index contributed by atoms with van der Waals surface area (Å²) in [6.07, 6.45) is 0.687. The van der Waals surface area contributed by atoms with Gasteiger partial charge in [-0.2, -0.15) is 0 Å². The van der Waals surface area contributed by atoms with Crippen molar-refractivity contribution in [3.63, 3.8) is 0 Å². The standard InChI is InChI=1S/C12H15NO3/c1-15-9-5-3-4-7-6-8(13)11(10(7)9)12(14)16-2/h3-5,8,11H,6,13H2,1-2H3. The van der Waals surface area contributed by atoms with Crippen LogP contribution >= 0.6 is 0 Å². The molecule has 0 aromatic heterocycles. The highest BCUT2D eigenvalue weighted by Gasteiger charge is 2.38. The number of hydrogen-bond donors (Lipinski definition) is 1. The van der Waals surface area contributed by atoms with E-state index < -0.39 is 5.92 Å². The van der Waals surface area contributed by atoms with Crippen molar-refractivity contribution in [2.45, 2.75) is 18.4 Å². The first kappa shape index (κ1) is 11.0. The predicted molar refractivity (Wildman–Crippen MR) is 59.4 cm³/mol. The van der Waals surface area contributed by atoms with Gasteiger partial charge in [0.05, 0.1) is 14.2 Å². The van der Waals surface area contributed by atoms with Gasteiger partial charge in [0.15, 0.2) is 0 Å². The topological polar surface area (TPSA) is 61.5 Å². The van der Waals surface area contributed by atoms with Crippen LogP contribution in [0.5, 0.6) is 5.75 Å². The number of rotatable bonds is 2. The molecule has 1 aliphatic carbocycles. The number of hydrogen-bond acceptors (Lipinski definition) is 4. The van der Waals surface area contributed by atoms with Crippen LogP contribution in [-0.4, -0.2) is 26.2 Å². The fourth-order valence-electron chi connectivity index (χ4n) is 2.30. The summed E-state index contributed by atoms with van der Waals surface area (Å²) in [5, 5.41) is 0. The maximum atomic E-state index is 11.7. The highest BCUT2D eigenvalue weighted by atomic mass is 16.5. The molecule has 1 aromatic carbocycles. The number of carbonyl (C=O) groups is 1. The minimum Gasteiger partial charge on any atom is -0.496 e. The summed E-state index contributed by atoms with van der Waals surface area (Å²) in [4.78, 5) is 11.7. The quantitative estimate of drug-likeness (QED) is 0.751. The van der Waals surface area contributed by atoms with Crippen LogP contribution < -0.4 is 10.5 Å². The Hall–Kier alpha value is -1.55. The lowest BCUT2D eigenvalue weighted by Crippen LogP contribution is -2.31. The van der Waals surface area contributed by atoms with Crippen molar-refractivity contribution >= 4 is 5.97 Å². The van der Waals surface area contributed by atoms with Crippen LogP contribution in [0.2, 0.25) is 0 Å². The van der Waals surface area contributed by atoms with Gasteiger partial charge in [0.2, 0.25) is 0 Å². The van der Waals surface area contributed by atoms with Crippen molar-refractivity contribution in [2.75, 3.05) is 14.2 Å². The van der Waals surface area contributed by atoms with E-state index in [0.29, 0.717) is 12.2 Å². The lowest BCUT2D eigenvalue weighted by molar-refractivity contribution is -0.142. The first-order chi connectivity index (χ1) is 7.69. The van der Waals surface area contributed by atoms with Crippen molar-refractivity contribution in [1.29, 1.82) is 0 Å². The van der Waals surface area contributed by atoms with E-state index in [1.165, 1.54) is 7.11 Å². The second kappa shape index (κ2) is 4.14. The van der Waals surface area contributed by atoms with E-state index in [1.54, 1.807) is 7.11 Å². The van der Waals surface area contributed by atoms with Crippen LogP contribution in [-0.2, 0) is 16.0 Å². The van der Waals surface area contributed by atoms with Crippen LogP contribution in [0.15, 0.2) is 18.2 Å². The zero-order valence-electron chi connectivity index (χ0n) is 9.40. The zero-order chi connectivity index (χ0) is 11.7. The first-order valence-corrected chi connectivity index (χ1v) is 5.18. The van der Waals surface area contributed by atoms with E-state index in [4.69, 9.17) is 15.2 Å². The molecule has 4 nitrogen and oxygen atoms in total. The van der Waals surface area contributed by atoms with Crippen LogP contribution in [0, 0.1) is 0 Å². The molecular weight excluding hydrogens is 206 g/mol. The summed E-state index contributed by atoms with van der Waals surface area (Å²) in [5.74, 6) is 0.00718. The van der Waals surface area contributed by atoms with Gasteiger partial charge in [-0.3, -0.25) is 4.79 Å². The van der Waals surface area contributed by atoms with Gasteiger partial charge in [-0.1, -0.05) is 12.1 Å². The van der Waals surface area contributed by atoms with Crippen molar-refractivity contribution in [2.24, 2.45) is 5.73 Å². The zero-order valence-corrected chi connectivity index (χ0v) is 9.40. The minimum absolute atomic E-state index is 0.223. The maximum absolute atomic E-state index is 11.7. The molecule has 2 N–H and O–H groups in total. The number of carbonyl (C=O) groups excluding carboxylic acids is 1. The number of benzene rings is 1. The number of nitrogens with two attached hydrogens (primary N) is 1. The van der Waals surface area contributed by atoms with Crippen molar-refractivity contribution in [3.05, 3.63) is 29.3 Å². The fraction of sp³-hybridized carbons (Fsp3) is 0.417. The largest absolute Gasteiger partial charge is 0.496 e. The van der Waals surface area contributed by atoms with E-state index in [2.05, 4.69) is 0 Å². The van der Waals surface area contributed by atoms with E-state index >= 15 is 0 Å². The molecule has 0 bridgehead atoms. The highest BCUT2D eigenvalue weighted by Crippen LogP contribution is 2.39. The van der Waals surface area contributed by atoms with Crippen LogP contribution in [0.25, 0.3) is 0 Å². The number of methoxy groups -OCH3 is 2. The van der Waals surface area contributed by atoms with Gasteiger partial charge in [0.1, 0.15) is 11.7 Å². The summed E-state index contributed by atoms with van der Waals surface area (Å²) >= 11 is 0. The number of fused-ring (bicyclic) bond motifs is 1. The summed E-state index contributed by atoms with van der Waals surface area (Å²) < 4.78 is 10.1. The third kappa shape index (κ3) is 1.55. The molecule has 2 rings (SSSR count). The predicted octanol–water partition coefficient (Wildman–Crippen LogP) is 0.835. The molecule has 2 unspecified atom stereocenters. The van der Waals surface area contributed by atoms with Crippen LogP contribution in [0.1, 0.15) is 17.0 Å². The van der Waals surface area contributed by atoms with Gasteiger partial charge in [-0.05, 0) is 18.1 Å². The molecule has 0 heterocycles. The molecule has 2 atom stereocenters. The van der Waals surface area contributed by atoms with Crippen LogP contribution in [0.4, 0.5) is 0 Å². The minimum atomic E-state index is -0.406. The molecule has 1 aromatic rings. The van der Waals surface area contributed by atoms with Crippen molar-refractivity contribution in [1.82, 2.24) is 0 Å². The van der Waals surface area contributed by atoms with Gasteiger partial charge in [0, 0.05) is 11.6 Å². The molecular formula is C12H15NO3. The first-order valence-electron chi connectivity index (χ1n) is 5.18. The lowest BCUT2D eigenvalue weighted by atomic mass is 9.98. The third-order valence-corrected chi connectivity index (χ3v) is 3.03. The molecule has 4 heteroatoms. The Balaban J connectivity index is 2.49. The van der Waals surface area contributed by atoms with E-state index in [0.717, 1.165) is 11.1 Å². The normalized spacial score (nSPS) is 22.7. The van der Waals surface area contributed by atoms with Gasteiger partial charge < -0.3 is 15.2 Å². The second-order valence-corrected chi connectivity index (χ2v) is 3.90. The number of ether oxygens (including phenoxy) is 2. The van der Waals surface area contributed by atoms with Gasteiger partial charge in [-0.25, -0.2) is 0 Å². The average Bonchev–Trinajstić information content (AvgIpc) is 2.63. The Labute approximate surface area is 94.3 Å². The molecule has 0 amide bonds. The Morgan fingerprint density at radius 3 is 2.81 bits per heavy atom. The molecule has 86 valence electrons. The molecule has 0 radical (unpaired) electrons. The van der Waals surface area contributed by atoms with E-state index in [1.807, 2.05) is 18.2 Å². The molecule has 1 aliphatic rings. The van der Waals surface area contributed by atoms with Gasteiger partial charge in [-0.15, -0.1) is 0 Å². The molecule has 16 heavy (non-hydrogen) atoms. The van der Waals surface area contributed by atoms with Crippen LogP contribution in [0.3, 0.4) is 0 Å². The Kier molecular flexibility index (Phi) is 2.83. The Morgan fingerprint density at radius 2 is 2.19 bits per heavy atom. The molecule has 0 aliphatic heterocycles. The average molecular weight is 221 g/mol. The molecule has 0 saturated heterocycles. The lowest BCUT2D eigenvalue weighted by Gasteiger charge is -2.16. The van der Waals surface area contributed by atoms with E-state index in [9.17, 15) is 4.79 Å². The summed E-state index contributed by atoms with van der Waals surface area (Å²) in [6, 6.07) is 5.50. The SMILES string of the molecule is COC(=O)C1c2c(cccc2OC)CC1N. The summed E-state index contributed by atoms with van der Waals surface area (Å²) in [6.45, 7) is 0. The fourth-order valence-corrected chi connectivity index (χ4v) is 2.30. The summed E-state index contributed by atoms with van der Waals surface area (Å²) in [5.41, 5.74) is 7.92. The van der Waals surface area contributed by atoms with Gasteiger partial charge in [0.25, 0.3) is 0 Å². The number of esters is 1. The smallest absolute Gasteiger partial charge is 0.314 e. The highest BCUT2D eigenvalue weighted by molar-refractivity contribution is 5.82. The molecule has 0 saturated carbocycles. The Morgan fingerprint density at radius 1 is 1.44 bits per heavy atom. The molecule has 0 spiro atoms. The van der Waals surface area contributed by atoms with E-state index in [-0.39, 0.29) is 12.0 Å². The van der Waals surface area contributed by atoms with Crippen molar-refractivity contribution in [3.8, 4) is 5.75 Å².